The first-order valence-electron chi connectivity index (χ1n) is 9.30. The zero-order chi connectivity index (χ0) is 19.9. The van der Waals surface area contributed by atoms with E-state index in [-0.39, 0.29) is 23.5 Å². The maximum Gasteiger partial charge on any atom is 0.226 e. The zero-order valence-electron chi connectivity index (χ0n) is 15.9. The lowest BCUT2D eigenvalue weighted by Crippen LogP contribution is -2.16. The molecule has 3 aromatic rings. The van der Waals surface area contributed by atoms with Crippen molar-refractivity contribution in [1.29, 1.82) is 0 Å². The van der Waals surface area contributed by atoms with E-state index in [2.05, 4.69) is 15.4 Å². The molecule has 1 N–H and O–H groups in total. The SMILES string of the molecule is Cc1nn(C2CCS(=O)(=O)C2)c(C)c1NC(=O)CCn1cnc2ccccc21. The molecule has 1 aliphatic rings. The monoisotopic (exact) mass is 401 g/mol. The molecule has 0 spiro atoms. The van der Waals surface area contributed by atoms with Gasteiger partial charge in [0.05, 0.1) is 52.0 Å². The van der Waals surface area contributed by atoms with E-state index in [1.807, 2.05) is 42.7 Å². The van der Waals surface area contributed by atoms with Gasteiger partial charge < -0.3 is 9.88 Å². The smallest absolute Gasteiger partial charge is 0.226 e. The van der Waals surface area contributed by atoms with Crippen molar-refractivity contribution in [3.05, 3.63) is 42.0 Å². The summed E-state index contributed by atoms with van der Waals surface area (Å²) >= 11 is 0. The molecule has 1 fully saturated rings. The number of carbonyl (C=O) groups excluding carboxylic acids is 1. The van der Waals surface area contributed by atoms with Crippen molar-refractivity contribution >= 4 is 32.5 Å². The molecule has 2 aromatic heterocycles. The number of aryl methyl sites for hydroxylation is 2. The number of benzene rings is 1. The van der Waals surface area contributed by atoms with Crippen molar-refractivity contribution in [2.24, 2.45) is 0 Å². The predicted octanol–water partition coefficient (Wildman–Crippen LogP) is 2.24. The van der Waals surface area contributed by atoms with Gasteiger partial charge in [0.25, 0.3) is 0 Å². The highest BCUT2D eigenvalue weighted by atomic mass is 32.2. The Balaban J connectivity index is 1.45. The Hall–Kier alpha value is -2.68. The Bertz CT molecular complexity index is 1150. The summed E-state index contributed by atoms with van der Waals surface area (Å²) in [6.07, 6.45) is 2.61. The van der Waals surface area contributed by atoms with Crippen LogP contribution >= 0.6 is 0 Å². The van der Waals surface area contributed by atoms with Gasteiger partial charge in [-0.1, -0.05) is 12.1 Å². The number of anilines is 1. The fourth-order valence-corrected chi connectivity index (χ4v) is 5.47. The maximum absolute atomic E-state index is 12.5. The molecule has 1 saturated heterocycles. The van der Waals surface area contributed by atoms with Crippen molar-refractivity contribution in [2.45, 2.75) is 39.3 Å². The van der Waals surface area contributed by atoms with Crippen LogP contribution in [-0.2, 0) is 21.2 Å². The van der Waals surface area contributed by atoms with E-state index < -0.39 is 9.84 Å². The third-order valence-electron chi connectivity index (χ3n) is 5.25. The van der Waals surface area contributed by atoms with Crippen LogP contribution in [0.3, 0.4) is 0 Å². The minimum Gasteiger partial charge on any atom is -0.330 e. The van der Waals surface area contributed by atoms with E-state index in [4.69, 9.17) is 0 Å². The molecule has 1 unspecified atom stereocenters. The Labute approximate surface area is 163 Å². The topological polar surface area (TPSA) is 98.9 Å². The molecule has 1 amide bonds. The molecule has 0 saturated carbocycles. The summed E-state index contributed by atoms with van der Waals surface area (Å²) in [7, 11) is -3.00. The molecule has 28 heavy (non-hydrogen) atoms. The molecule has 1 aliphatic heterocycles. The number of amides is 1. The van der Waals surface area contributed by atoms with E-state index >= 15 is 0 Å². The molecule has 1 aromatic carbocycles. The third kappa shape index (κ3) is 3.54. The van der Waals surface area contributed by atoms with Crippen LogP contribution in [0.25, 0.3) is 11.0 Å². The number of imidazole rings is 1. The second-order valence-electron chi connectivity index (χ2n) is 7.27. The molecule has 8 nitrogen and oxygen atoms in total. The van der Waals surface area contributed by atoms with Crippen LogP contribution in [0.15, 0.2) is 30.6 Å². The Kier molecular flexibility index (Phi) is 4.70. The first-order valence-corrected chi connectivity index (χ1v) is 11.1. The van der Waals surface area contributed by atoms with E-state index in [9.17, 15) is 13.2 Å². The number of aromatic nitrogens is 4. The van der Waals surface area contributed by atoms with Crippen LogP contribution in [0.1, 0.15) is 30.3 Å². The summed E-state index contributed by atoms with van der Waals surface area (Å²) in [6.45, 7) is 4.22. The minimum absolute atomic E-state index is 0.107. The lowest BCUT2D eigenvalue weighted by molar-refractivity contribution is -0.116. The van der Waals surface area contributed by atoms with Gasteiger partial charge >= 0.3 is 0 Å². The Morgan fingerprint density at radius 3 is 2.82 bits per heavy atom. The molecular weight excluding hydrogens is 378 g/mol. The number of hydrogen-bond acceptors (Lipinski definition) is 5. The maximum atomic E-state index is 12.5. The predicted molar refractivity (Wildman–Crippen MR) is 107 cm³/mol. The molecule has 1 atom stereocenters. The summed E-state index contributed by atoms with van der Waals surface area (Å²) in [6, 6.07) is 7.65. The summed E-state index contributed by atoms with van der Waals surface area (Å²) in [5, 5.41) is 7.43. The Morgan fingerprint density at radius 1 is 1.29 bits per heavy atom. The molecule has 4 rings (SSSR count). The minimum atomic E-state index is -3.00. The zero-order valence-corrected chi connectivity index (χ0v) is 16.7. The molecule has 3 heterocycles. The Morgan fingerprint density at radius 2 is 2.07 bits per heavy atom. The molecule has 0 bridgehead atoms. The first kappa shape index (κ1) is 18.7. The molecular formula is C19H23N5O3S. The normalized spacial score (nSPS) is 18.6. The van der Waals surface area contributed by atoms with Gasteiger partial charge in [-0.3, -0.25) is 9.48 Å². The van der Waals surface area contributed by atoms with Crippen molar-refractivity contribution in [3.8, 4) is 0 Å². The fourth-order valence-electron chi connectivity index (χ4n) is 3.78. The molecule has 9 heteroatoms. The average Bonchev–Trinajstić information content (AvgIpc) is 3.31. The number of nitrogens with zero attached hydrogens (tertiary/aromatic N) is 4. The number of sulfone groups is 1. The van der Waals surface area contributed by atoms with Crippen molar-refractivity contribution in [1.82, 2.24) is 19.3 Å². The van der Waals surface area contributed by atoms with E-state index in [0.29, 0.717) is 30.8 Å². The summed E-state index contributed by atoms with van der Waals surface area (Å²) in [5.74, 6) is 0.190. The number of hydrogen-bond donors (Lipinski definition) is 1. The average molecular weight is 401 g/mol. The van der Waals surface area contributed by atoms with Gasteiger partial charge in [-0.05, 0) is 32.4 Å². The van der Waals surface area contributed by atoms with Gasteiger partial charge in [0, 0.05) is 13.0 Å². The molecule has 0 aliphatic carbocycles. The van der Waals surface area contributed by atoms with Crippen molar-refractivity contribution < 1.29 is 13.2 Å². The van der Waals surface area contributed by atoms with Crippen LogP contribution in [0.2, 0.25) is 0 Å². The van der Waals surface area contributed by atoms with Crippen LogP contribution in [0.5, 0.6) is 0 Å². The summed E-state index contributed by atoms with van der Waals surface area (Å²) < 4.78 is 27.2. The summed E-state index contributed by atoms with van der Waals surface area (Å²) in [5.41, 5.74) is 4.06. The van der Waals surface area contributed by atoms with E-state index in [1.54, 1.807) is 11.0 Å². The number of fused-ring (bicyclic) bond motifs is 1. The van der Waals surface area contributed by atoms with Gasteiger partial charge in [0.15, 0.2) is 9.84 Å². The lowest BCUT2D eigenvalue weighted by atomic mass is 10.2. The number of carbonyl (C=O) groups is 1. The van der Waals surface area contributed by atoms with E-state index in [0.717, 1.165) is 16.7 Å². The second kappa shape index (κ2) is 7.05. The van der Waals surface area contributed by atoms with E-state index in [1.165, 1.54) is 0 Å². The highest BCUT2D eigenvalue weighted by Crippen LogP contribution is 2.29. The second-order valence-corrected chi connectivity index (χ2v) is 9.50. The van der Waals surface area contributed by atoms with Crippen LogP contribution in [0.4, 0.5) is 5.69 Å². The van der Waals surface area contributed by atoms with Gasteiger partial charge in [-0.25, -0.2) is 13.4 Å². The summed E-state index contributed by atoms with van der Waals surface area (Å²) in [4.78, 5) is 16.8. The van der Waals surface area contributed by atoms with Crippen molar-refractivity contribution in [2.75, 3.05) is 16.8 Å². The number of rotatable bonds is 5. The van der Waals surface area contributed by atoms with Crippen LogP contribution in [0, 0.1) is 13.8 Å². The van der Waals surface area contributed by atoms with Crippen LogP contribution < -0.4 is 5.32 Å². The third-order valence-corrected chi connectivity index (χ3v) is 7.00. The fraction of sp³-hybridized carbons (Fsp3) is 0.421. The molecule has 148 valence electrons. The van der Waals surface area contributed by atoms with Gasteiger partial charge in [0.1, 0.15) is 0 Å². The molecule has 0 radical (unpaired) electrons. The van der Waals surface area contributed by atoms with Gasteiger partial charge in [0.2, 0.25) is 5.91 Å². The van der Waals surface area contributed by atoms with Gasteiger partial charge in [-0.15, -0.1) is 0 Å². The van der Waals surface area contributed by atoms with Crippen LogP contribution in [-0.4, -0.2) is 45.2 Å². The lowest BCUT2D eigenvalue weighted by Gasteiger charge is -2.12. The first-order chi connectivity index (χ1) is 13.3. The number of para-hydroxylation sites is 2. The van der Waals surface area contributed by atoms with Gasteiger partial charge in [-0.2, -0.15) is 5.10 Å². The number of nitrogens with one attached hydrogen (secondary N) is 1. The largest absolute Gasteiger partial charge is 0.330 e. The highest BCUT2D eigenvalue weighted by Gasteiger charge is 2.31. The quantitative estimate of drug-likeness (QED) is 0.707. The highest BCUT2D eigenvalue weighted by molar-refractivity contribution is 7.91. The van der Waals surface area contributed by atoms with Crippen molar-refractivity contribution in [3.63, 3.8) is 0 Å². The standard InChI is InChI=1S/C19H23N5O3S/c1-13-19(14(2)24(22-13)15-8-10-28(26,27)11-15)21-18(25)7-9-23-12-20-16-5-3-4-6-17(16)23/h3-6,12,15H,7-11H2,1-2H3,(H,21,25).